The first-order valence-electron chi connectivity index (χ1n) is 7.24. The molecule has 6 nitrogen and oxygen atoms in total. The minimum absolute atomic E-state index is 0.0277. The van der Waals surface area contributed by atoms with E-state index in [1.54, 1.807) is 20.8 Å². The van der Waals surface area contributed by atoms with Gasteiger partial charge in [0.05, 0.1) is 24.1 Å². The number of carbonyl (C=O) groups is 2. The van der Waals surface area contributed by atoms with Crippen molar-refractivity contribution in [1.82, 2.24) is 20.2 Å². The van der Waals surface area contributed by atoms with Gasteiger partial charge in [0.25, 0.3) is 0 Å². The number of para-hydroxylation sites is 2. The molecule has 118 valence electrons. The number of amides is 2. The molecule has 2 N–H and O–H groups in total. The molecular weight excluding hydrogens is 280 g/mol. The van der Waals surface area contributed by atoms with Crippen LogP contribution in [0.1, 0.15) is 26.6 Å². The molecule has 6 heteroatoms. The zero-order valence-corrected chi connectivity index (χ0v) is 13.4. The maximum absolute atomic E-state index is 11.8. The van der Waals surface area contributed by atoms with Crippen LogP contribution >= 0.6 is 0 Å². The number of hydrogen-bond donors (Lipinski definition) is 2. The molecule has 0 atom stereocenters. The monoisotopic (exact) mass is 302 g/mol. The van der Waals surface area contributed by atoms with Gasteiger partial charge in [0.2, 0.25) is 11.8 Å². The van der Waals surface area contributed by atoms with Crippen molar-refractivity contribution in [2.24, 2.45) is 12.5 Å². The van der Waals surface area contributed by atoms with Gasteiger partial charge in [-0.1, -0.05) is 32.9 Å². The van der Waals surface area contributed by atoms with Gasteiger partial charge >= 0.3 is 0 Å². The predicted octanol–water partition coefficient (Wildman–Crippen LogP) is 1.35. The summed E-state index contributed by atoms with van der Waals surface area (Å²) in [5.41, 5.74) is 1.42. The van der Waals surface area contributed by atoms with Crippen molar-refractivity contribution in [2.45, 2.75) is 27.3 Å². The first-order chi connectivity index (χ1) is 10.3. The van der Waals surface area contributed by atoms with E-state index in [4.69, 9.17) is 0 Å². The second-order valence-electron chi connectivity index (χ2n) is 6.29. The van der Waals surface area contributed by atoms with Gasteiger partial charge < -0.3 is 15.2 Å². The number of carbonyl (C=O) groups excluding carboxylic acids is 2. The summed E-state index contributed by atoms with van der Waals surface area (Å²) in [5, 5.41) is 5.39. The van der Waals surface area contributed by atoms with Gasteiger partial charge in [-0.25, -0.2) is 4.98 Å². The van der Waals surface area contributed by atoms with E-state index in [0.29, 0.717) is 6.54 Å². The molecule has 0 aliphatic heterocycles. The number of nitrogens with zero attached hydrogens (tertiary/aromatic N) is 2. The summed E-state index contributed by atoms with van der Waals surface area (Å²) in [6.45, 7) is 5.72. The van der Waals surface area contributed by atoms with E-state index >= 15 is 0 Å². The van der Waals surface area contributed by atoms with Crippen LogP contribution in [-0.2, 0) is 23.2 Å². The normalized spacial score (nSPS) is 11.5. The van der Waals surface area contributed by atoms with Crippen LogP contribution in [0.3, 0.4) is 0 Å². The molecule has 0 bridgehead atoms. The lowest BCUT2D eigenvalue weighted by Gasteiger charge is -2.17. The molecule has 0 unspecified atom stereocenters. The number of imidazole rings is 1. The minimum Gasteiger partial charge on any atom is -0.347 e. The number of benzene rings is 1. The summed E-state index contributed by atoms with van der Waals surface area (Å²) in [4.78, 5) is 28.0. The highest BCUT2D eigenvalue weighted by Gasteiger charge is 2.21. The van der Waals surface area contributed by atoms with Gasteiger partial charge in [0, 0.05) is 12.5 Å². The number of aryl methyl sites for hydroxylation is 1. The molecule has 0 spiro atoms. The molecule has 2 rings (SSSR count). The van der Waals surface area contributed by atoms with Gasteiger partial charge in [-0.3, -0.25) is 9.59 Å². The van der Waals surface area contributed by atoms with Crippen molar-refractivity contribution < 1.29 is 9.59 Å². The van der Waals surface area contributed by atoms with Crippen molar-refractivity contribution >= 4 is 22.8 Å². The molecule has 2 amide bonds. The van der Waals surface area contributed by atoms with E-state index in [-0.39, 0.29) is 18.4 Å². The summed E-state index contributed by atoms with van der Waals surface area (Å²) >= 11 is 0. The Labute approximate surface area is 129 Å². The summed E-state index contributed by atoms with van der Waals surface area (Å²) in [7, 11) is 1.91. The fourth-order valence-electron chi connectivity index (χ4n) is 2.02. The van der Waals surface area contributed by atoms with Crippen molar-refractivity contribution in [3.8, 4) is 0 Å². The summed E-state index contributed by atoms with van der Waals surface area (Å²) in [6, 6.07) is 7.80. The fourth-order valence-corrected chi connectivity index (χ4v) is 2.02. The second-order valence-corrected chi connectivity index (χ2v) is 6.29. The number of rotatable bonds is 4. The van der Waals surface area contributed by atoms with E-state index in [9.17, 15) is 9.59 Å². The summed E-state index contributed by atoms with van der Waals surface area (Å²) in [5.74, 6) is 0.395. The van der Waals surface area contributed by atoms with Crippen LogP contribution in [0.25, 0.3) is 11.0 Å². The molecule has 1 aromatic heterocycles. The highest BCUT2D eigenvalue weighted by atomic mass is 16.2. The average molecular weight is 302 g/mol. The lowest BCUT2D eigenvalue weighted by molar-refractivity contribution is -0.131. The maximum atomic E-state index is 11.8. The zero-order chi connectivity index (χ0) is 16.3. The second kappa shape index (κ2) is 6.17. The van der Waals surface area contributed by atoms with Gasteiger partial charge in [0.15, 0.2) is 0 Å². The maximum Gasteiger partial charge on any atom is 0.239 e. The third-order valence-corrected chi connectivity index (χ3v) is 3.41. The van der Waals surface area contributed by atoms with Crippen molar-refractivity contribution in [3.05, 3.63) is 30.1 Å². The van der Waals surface area contributed by atoms with Crippen molar-refractivity contribution in [1.29, 1.82) is 0 Å². The van der Waals surface area contributed by atoms with Crippen LogP contribution in [0.5, 0.6) is 0 Å². The molecule has 0 saturated heterocycles. The van der Waals surface area contributed by atoms with E-state index in [1.165, 1.54) is 0 Å². The van der Waals surface area contributed by atoms with Crippen LogP contribution in [0, 0.1) is 5.41 Å². The fraction of sp³-hybridized carbons (Fsp3) is 0.438. The third kappa shape index (κ3) is 3.63. The number of hydrogen-bond acceptors (Lipinski definition) is 3. The Bertz CT molecular complexity index is 698. The lowest BCUT2D eigenvalue weighted by atomic mass is 9.96. The SMILES string of the molecule is Cn1c(CNC(=O)CNC(=O)C(C)(C)C)nc2ccccc21. The Balaban J connectivity index is 1.90. The van der Waals surface area contributed by atoms with Crippen molar-refractivity contribution in [2.75, 3.05) is 6.54 Å². The topological polar surface area (TPSA) is 76.0 Å². The molecule has 1 heterocycles. The van der Waals surface area contributed by atoms with Crippen LogP contribution in [0.15, 0.2) is 24.3 Å². The van der Waals surface area contributed by atoms with Gasteiger partial charge in [-0.15, -0.1) is 0 Å². The summed E-state index contributed by atoms with van der Waals surface area (Å²) in [6.07, 6.45) is 0. The van der Waals surface area contributed by atoms with E-state index in [1.807, 2.05) is 35.9 Å². The Hall–Kier alpha value is -2.37. The highest BCUT2D eigenvalue weighted by Crippen LogP contribution is 2.14. The van der Waals surface area contributed by atoms with Gasteiger partial charge in [-0.05, 0) is 12.1 Å². The van der Waals surface area contributed by atoms with Gasteiger partial charge in [0.1, 0.15) is 5.82 Å². The van der Waals surface area contributed by atoms with Crippen LogP contribution in [-0.4, -0.2) is 27.9 Å². The van der Waals surface area contributed by atoms with E-state index in [2.05, 4.69) is 15.6 Å². The molecule has 1 aromatic carbocycles. The number of nitrogens with one attached hydrogen (secondary N) is 2. The van der Waals surface area contributed by atoms with E-state index in [0.717, 1.165) is 16.9 Å². The number of aromatic nitrogens is 2. The molecule has 2 aromatic rings. The van der Waals surface area contributed by atoms with Crippen LogP contribution in [0.2, 0.25) is 0 Å². The van der Waals surface area contributed by atoms with Crippen molar-refractivity contribution in [3.63, 3.8) is 0 Å². The smallest absolute Gasteiger partial charge is 0.239 e. The third-order valence-electron chi connectivity index (χ3n) is 3.41. The molecular formula is C16H22N4O2. The van der Waals surface area contributed by atoms with Crippen LogP contribution in [0.4, 0.5) is 0 Å². The Morgan fingerprint density at radius 1 is 1.18 bits per heavy atom. The molecule has 0 fully saturated rings. The molecule has 0 radical (unpaired) electrons. The zero-order valence-electron chi connectivity index (χ0n) is 13.4. The minimum atomic E-state index is -0.502. The quantitative estimate of drug-likeness (QED) is 0.895. The average Bonchev–Trinajstić information content (AvgIpc) is 2.78. The predicted molar refractivity (Wildman–Crippen MR) is 85.0 cm³/mol. The van der Waals surface area contributed by atoms with E-state index < -0.39 is 5.41 Å². The Morgan fingerprint density at radius 3 is 2.50 bits per heavy atom. The number of fused-ring (bicyclic) bond motifs is 1. The first kappa shape index (κ1) is 16.0. The molecule has 0 saturated carbocycles. The summed E-state index contributed by atoms with van der Waals surface area (Å²) < 4.78 is 1.95. The molecule has 0 aliphatic carbocycles. The molecule has 22 heavy (non-hydrogen) atoms. The van der Waals surface area contributed by atoms with Gasteiger partial charge in [-0.2, -0.15) is 0 Å². The largest absolute Gasteiger partial charge is 0.347 e. The highest BCUT2D eigenvalue weighted by molar-refractivity contribution is 5.87. The molecule has 0 aliphatic rings. The lowest BCUT2D eigenvalue weighted by Crippen LogP contribution is -2.41. The standard InChI is InChI=1S/C16H22N4O2/c1-16(2,3)15(22)18-10-14(21)17-9-13-19-11-7-5-6-8-12(11)20(13)4/h5-8H,9-10H2,1-4H3,(H,17,21)(H,18,22). The Kier molecular flexibility index (Phi) is 4.49. The first-order valence-corrected chi connectivity index (χ1v) is 7.24. The van der Waals surface area contributed by atoms with Crippen LogP contribution < -0.4 is 10.6 Å². The Morgan fingerprint density at radius 2 is 1.86 bits per heavy atom.